The lowest BCUT2D eigenvalue weighted by atomic mass is 9.82. The number of thiazole rings is 1. The van der Waals surface area contributed by atoms with Crippen molar-refractivity contribution in [1.82, 2.24) is 10.6 Å². The maximum absolute atomic E-state index is 11.6. The van der Waals surface area contributed by atoms with E-state index in [1.807, 2.05) is 36.4 Å². The van der Waals surface area contributed by atoms with Crippen molar-refractivity contribution in [2.75, 3.05) is 12.4 Å². The van der Waals surface area contributed by atoms with Gasteiger partial charge in [0.15, 0.2) is 10.1 Å². The van der Waals surface area contributed by atoms with Crippen LogP contribution < -0.4 is 5.64 Å². The van der Waals surface area contributed by atoms with Crippen LogP contribution in [0.3, 0.4) is 0 Å². The number of hydrogen-bond acceptors (Lipinski definition) is 16. The zero-order valence-electron chi connectivity index (χ0n) is 45.3. The largest absolute Gasteiger partial charge is 0.374 e. The van der Waals surface area contributed by atoms with Crippen molar-refractivity contribution in [3.8, 4) is 225 Å². The summed E-state index contributed by atoms with van der Waals surface area (Å²) >= 11 is 9.33. The minimum atomic E-state index is -0.164. The molecule has 2 aromatic carbocycles. The van der Waals surface area contributed by atoms with Gasteiger partial charge in [-0.1, -0.05) is 108 Å². The number of Topliss-reactive ketones (excluding diaryl/α,β-unsaturated/α-hetero) is 1. The molecule has 5 atom stereocenters. The highest BCUT2D eigenvalue weighted by Gasteiger charge is 2.42. The summed E-state index contributed by atoms with van der Waals surface area (Å²) < 4.78 is 27.4. The minimum Gasteiger partial charge on any atom is -0.374 e. The van der Waals surface area contributed by atoms with E-state index in [2.05, 4.69) is 323 Å². The van der Waals surface area contributed by atoms with Gasteiger partial charge in [-0.2, -0.15) is 0 Å². The van der Waals surface area contributed by atoms with Gasteiger partial charge >= 0.3 is 0 Å². The van der Waals surface area contributed by atoms with E-state index >= 15 is 0 Å². The van der Waals surface area contributed by atoms with E-state index in [-0.39, 0.29) is 48.3 Å². The third kappa shape index (κ3) is 37.8. The number of carbonyl (C=O) groups is 1. The summed E-state index contributed by atoms with van der Waals surface area (Å²) in [6.07, 6.45) is 1.48. The molecule has 0 amide bonds. The number of ketones is 1. The molecule has 16 heteroatoms. The first-order valence-corrected chi connectivity index (χ1v) is 26.3. The number of hydrogen-bond donors (Lipinski definition) is 3. The first-order chi connectivity index (χ1) is 41.3. The Hall–Kier alpha value is -9.97. The van der Waals surface area contributed by atoms with Gasteiger partial charge in [0.2, 0.25) is 0 Å². The number of aromatic nitrogens is 1. The summed E-state index contributed by atoms with van der Waals surface area (Å²) in [6, 6.07) is 20.4. The summed E-state index contributed by atoms with van der Waals surface area (Å²) in [5.41, 5.74) is 3.89. The summed E-state index contributed by atoms with van der Waals surface area (Å²) in [6.45, 7) is 11.0. The third-order valence-electron chi connectivity index (χ3n) is 9.17. The molecule has 1 saturated heterocycles. The predicted octanol–water partition coefficient (Wildman–Crippen LogP) is 11.4. The van der Waals surface area contributed by atoms with E-state index in [0.717, 1.165) is 21.2 Å². The lowest BCUT2D eigenvalue weighted by molar-refractivity contribution is -0.596. The van der Waals surface area contributed by atoms with Crippen molar-refractivity contribution in [3.05, 3.63) is 82.9 Å². The topological polar surface area (TPSA) is 125 Å². The van der Waals surface area contributed by atoms with Gasteiger partial charge in [0.1, 0.15) is 6.10 Å². The number of nitrogens with zero attached hydrogens (tertiary/aromatic N) is 1. The molecule has 1 aliphatic heterocycles. The van der Waals surface area contributed by atoms with Crippen LogP contribution in [0.4, 0.5) is 0 Å². The van der Waals surface area contributed by atoms with Crippen molar-refractivity contribution in [1.29, 1.82) is 0 Å². The maximum Gasteiger partial charge on any atom is 0.171 e. The minimum absolute atomic E-state index is 0. The second-order valence-corrected chi connectivity index (χ2v) is 17.2. The van der Waals surface area contributed by atoms with Crippen LogP contribution in [0.15, 0.2) is 71.2 Å². The smallest absolute Gasteiger partial charge is 0.171 e. The number of nitrogens with one attached hydrogen (secondary N) is 1. The number of ether oxygens (including phenoxy) is 3. The summed E-state index contributed by atoms with van der Waals surface area (Å²) in [5, 5.41) is 7.30. The van der Waals surface area contributed by atoms with Gasteiger partial charge in [0, 0.05) is 181 Å². The first-order valence-electron chi connectivity index (χ1n) is 23.7. The summed E-state index contributed by atoms with van der Waals surface area (Å²) in [4.78, 5) is 24.3. The van der Waals surface area contributed by atoms with Crippen LogP contribution in [-0.2, 0) is 56.1 Å². The predicted molar refractivity (Wildman–Crippen MR) is 364 cm³/mol. The number of benzene rings is 2. The Labute approximate surface area is 537 Å². The fourth-order valence-corrected chi connectivity index (χ4v) is 7.65. The molecule has 442 valence electrons. The molecule has 0 bridgehead atoms. The standard InChI is InChI=1S/C40H6.C28H33NO4S2.H3NO6S2.17H2/c1-3-5-7-9-11-13-15-17-19-21-23-25-27-29-31-33-35-37-39-40-38-36-34-32-30-28-26-24-22-20-18-16-14-12-10-8-6-4-2;1-19-20(2)27(32-16-23-12-8-5-9-13-23)24(17-31-15-22-10-6-4-7-11-22)33-25(19)18-34-28-29-14-26(35-28)21(3)30;8-6-4-2-1-3-5-7-9;;;;;;;;;;;;;;;;;/h1-2H3;4-14,19-20,24-25,27H,15-18H2,1-3H3;1,8-9H;17*1H/t;19-,20+,24+,25+,27-;;;;;;;;;;;;;;;;;;/m.0................../s1. The second-order valence-electron chi connectivity index (χ2n) is 14.6. The second kappa shape index (κ2) is 51.2. The van der Waals surface area contributed by atoms with Gasteiger partial charge in [-0.05, 0) is 147 Å². The zero-order valence-corrected chi connectivity index (χ0v) is 48.7. The third-order valence-corrected chi connectivity index (χ3v) is 11.6. The Morgan fingerprint density at radius 3 is 1.24 bits per heavy atom. The summed E-state index contributed by atoms with van der Waals surface area (Å²) in [5.74, 6) is 97.1. The molecule has 0 unspecified atom stereocenters. The SMILES string of the molecule is CC#CC#CC#CC#CC#CC#CC#CC#CC#CC#CC#CC#CC#CC#CC#CC#CC#CC#CC#CC.CC(=O)c1cnc(SC[C@H]2O[C@H](COCc3ccccc3)[C@@H](OCc3ccccc3)[C@H](C)[C@@H]2C)s1.SOOONOOOS.[HH].[HH].[HH].[HH].[HH].[HH].[HH].[HH].[HH].[HH].[HH].[HH].[HH].[HH].[HH].[HH].[HH]. The molecule has 0 spiro atoms. The van der Waals surface area contributed by atoms with E-state index in [1.165, 1.54) is 11.3 Å². The first kappa shape index (κ1) is 70.1. The van der Waals surface area contributed by atoms with Crippen molar-refractivity contribution < 1.29 is 72.0 Å². The normalized spacial score (nSPS) is 13.1. The van der Waals surface area contributed by atoms with Gasteiger partial charge in [-0.3, -0.25) is 4.79 Å². The van der Waals surface area contributed by atoms with E-state index in [4.69, 9.17) is 14.2 Å². The lowest BCUT2D eigenvalue weighted by Crippen LogP contribution is -2.52. The molecular formula is C68H76N2O10S4. The molecule has 4 rings (SSSR count). The van der Waals surface area contributed by atoms with Crippen LogP contribution in [0.2, 0.25) is 0 Å². The highest BCUT2D eigenvalue weighted by atomic mass is 32.2. The Morgan fingerprint density at radius 1 is 0.548 bits per heavy atom. The van der Waals surface area contributed by atoms with Crippen LogP contribution in [-0.4, -0.2) is 41.4 Å². The summed E-state index contributed by atoms with van der Waals surface area (Å²) in [7, 11) is 0. The Bertz CT molecular complexity index is 3870. The molecule has 0 aliphatic carbocycles. The van der Waals surface area contributed by atoms with E-state index < -0.39 is 0 Å². The van der Waals surface area contributed by atoms with Gasteiger partial charge < -0.3 is 14.2 Å². The molecule has 3 aromatic rings. The monoisotopic (exact) mass is 1210 g/mol. The van der Waals surface area contributed by atoms with Crippen molar-refractivity contribution in [2.24, 2.45) is 11.8 Å². The molecular weight excluding hydrogens is 1130 g/mol. The van der Waals surface area contributed by atoms with Gasteiger partial charge in [0.25, 0.3) is 0 Å². The van der Waals surface area contributed by atoms with E-state index in [9.17, 15) is 4.79 Å². The average Bonchev–Trinajstić information content (AvgIpc) is 0.866. The molecule has 12 nitrogen and oxygen atoms in total. The van der Waals surface area contributed by atoms with Crippen molar-refractivity contribution >= 4 is 54.7 Å². The number of carbonyl (C=O) groups excluding carboxylic acids is 1. The van der Waals surface area contributed by atoms with Crippen LogP contribution in [0.5, 0.6) is 0 Å². The van der Waals surface area contributed by atoms with Crippen LogP contribution in [0.25, 0.3) is 0 Å². The molecule has 84 heavy (non-hydrogen) atoms. The van der Waals surface area contributed by atoms with Crippen LogP contribution in [0.1, 0.15) is 79.7 Å². The number of thioether (sulfide) groups is 1. The lowest BCUT2D eigenvalue weighted by Gasteiger charge is -2.44. The number of thiol groups is 2. The Kier molecular flexibility index (Phi) is 42.7. The highest BCUT2D eigenvalue weighted by Crippen LogP contribution is 2.37. The van der Waals surface area contributed by atoms with Crippen LogP contribution >= 0.6 is 48.9 Å². The molecule has 1 N–H and O–H groups in total. The average molecular weight is 1210 g/mol. The fourth-order valence-electron chi connectivity index (χ4n) is 5.52. The molecule has 1 aliphatic rings. The van der Waals surface area contributed by atoms with Crippen LogP contribution in [0, 0.1) is 237 Å². The van der Waals surface area contributed by atoms with Crippen molar-refractivity contribution in [2.45, 2.75) is 70.5 Å². The molecule has 2 heterocycles. The maximum atomic E-state index is 11.6. The van der Waals surface area contributed by atoms with Gasteiger partial charge in [-0.15, -0.1) is 20.0 Å². The van der Waals surface area contributed by atoms with E-state index in [0.29, 0.717) is 36.5 Å². The molecule has 0 saturated carbocycles. The van der Waals surface area contributed by atoms with Gasteiger partial charge in [-0.25, -0.2) is 4.98 Å². The van der Waals surface area contributed by atoms with E-state index in [1.54, 1.807) is 44.4 Å². The van der Waals surface area contributed by atoms with Crippen molar-refractivity contribution in [3.63, 3.8) is 0 Å². The number of rotatable bonds is 17. The highest BCUT2D eigenvalue weighted by molar-refractivity contribution is 8.01. The zero-order chi connectivity index (χ0) is 60.4. The Balaban J connectivity index is -0.0000000791. The molecule has 1 fully saturated rings. The quantitative estimate of drug-likeness (QED) is 0.0174. The Morgan fingerprint density at radius 2 is 0.905 bits per heavy atom. The van der Waals surface area contributed by atoms with Gasteiger partial charge in [0.05, 0.1) is 43.1 Å². The molecule has 0 radical (unpaired) electrons. The fraction of sp³-hybridized carbons (Fsp3) is 0.206. The molecule has 1 aromatic heterocycles.